The van der Waals surface area contributed by atoms with Crippen LogP contribution in [0, 0.1) is 11.8 Å². The Kier molecular flexibility index (Phi) is 7.85. The second-order valence-corrected chi connectivity index (χ2v) is 6.34. The van der Waals surface area contributed by atoms with E-state index in [1.807, 2.05) is 7.05 Å². The predicted molar refractivity (Wildman–Crippen MR) is 85.3 cm³/mol. The van der Waals surface area contributed by atoms with E-state index in [0.29, 0.717) is 12.5 Å². The molecule has 0 aliphatic carbocycles. The lowest BCUT2D eigenvalue weighted by molar-refractivity contribution is -0.134. The number of hydrogen-bond donors (Lipinski definition) is 1. The van der Waals surface area contributed by atoms with E-state index in [0.717, 1.165) is 44.6 Å². The van der Waals surface area contributed by atoms with Crippen molar-refractivity contribution in [2.24, 2.45) is 11.8 Å². The van der Waals surface area contributed by atoms with Gasteiger partial charge in [0.25, 0.3) is 0 Å². The molecule has 0 radical (unpaired) electrons. The van der Waals surface area contributed by atoms with Crippen molar-refractivity contribution in [1.29, 1.82) is 0 Å². The second kappa shape index (κ2) is 8.85. The Morgan fingerprint density at radius 2 is 1.70 bits per heavy atom. The first-order chi connectivity index (χ1) is 9.19. The van der Waals surface area contributed by atoms with Gasteiger partial charge in [0.15, 0.2) is 0 Å². The summed E-state index contributed by atoms with van der Waals surface area (Å²) in [7, 11) is 2.02. The standard InChI is InChI=1S/C15H29N3O.ClH/c1-13-3-9-18(10-4-13)15(19)12-17-7-5-14(6-8-17)11-16-2;/h13-14,16H,3-12H2,1-2H3;1H. The van der Waals surface area contributed by atoms with Crippen LogP contribution >= 0.6 is 12.4 Å². The molecule has 0 unspecified atom stereocenters. The Bertz CT molecular complexity index is 285. The molecule has 2 heterocycles. The summed E-state index contributed by atoms with van der Waals surface area (Å²) in [5.41, 5.74) is 0. The highest BCUT2D eigenvalue weighted by atomic mass is 35.5. The maximum Gasteiger partial charge on any atom is 0.236 e. The Hall–Kier alpha value is -0.320. The van der Waals surface area contributed by atoms with Crippen molar-refractivity contribution in [3.63, 3.8) is 0 Å². The summed E-state index contributed by atoms with van der Waals surface area (Å²) in [6.45, 7) is 8.15. The lowest BCUT2D eigenvalue weighted by Gasteiger charge is -2.35. The number of hydrogen-bond acceptors (Lipinski definition) is 3. The molecule has 5 heteroatoms. The molecule has 1 N–H and O–H groups in total. The van der Waals surface area contributed by atoms with Gasteiger partial charge in [-0.1, -0.05) is 6.92 Å². The van der Waals surface area contributed by atoms with Crippen LogP contribution in [0.25, 0.3) is 0 Å². The number of halogens is 1. The third-order valence-electron chi connectivity index (χ3n) is 4.70. The van der Waals surface area contributed by atoms with E-state index in [1.165, 1.54) is 25.7 Å². The van der Waals surface area contributed by atoms with Crippen LogP contribution < -0.4 is 5.32 Å². The van der Waals surface area contributed by atoms with Gasteiger partial charge in [-0.25, -0.2) is 0 Å². The maximum atomic E-state index is 12.3. The average Bonchev–Trinajstić information content (AvgIpc) is 2.42. The molecular weight excluding hydrogens is 274 g/mol. The SMILES string of the molecule is CNCC1CCN(CC(=O)N2CCC(C)CC2)CC1.Cl. The molecule has 118 valence electrons. The van der Waals surface area contributed by atoms with E-state index >= 15 is 0 Å². The predicted octanol–water partition coefficient (Wildman–Crippen LogP) is 1.60. The summed E-state index contributed by atoms with van der Waals surface area (Å²) in [6, 6.07) is 0. The van der Waals surface area contributed by atoms with Crippen molar-refractivity contribution >= 4 is 18.3 Å². The van der Waals surface area contributed by atoms with Crippen LogP contribution in [0.5, 0.6) is 0 Å². The van der Waals surface area contributed by atoms with Crippen LogP contribution in [-0.2, 0) is 4.79 Å². The monoisotopic (exact) mass is 303 g/mol. The molecule has 0 aromatic carbocycles. The lowest BCUT2D eigenvalue weighted by Crippen LogP contribution is -2.46. The molecule has 20 heavy (non-hydrogen) atoms. The highest BCUT2D eigenvalue weighted by Gasteiger charge is 2.24. The van der Waals surface area contributed by atoms with E-state index in [9.17, 15) is 4.79 Å². The molecule has 4 nitrogen and oxygen atoms in total. The van der Waals surface area contributed by atoms with Gasteiger partial charge in [0.05, 0.1) is 6.54 Å². The van der Waals surface area contributed by atoms with Gasteiger partial charge < -0.3 is 10.2 Å². The number of rotatable bonds is 4. The fourth-order valence-corrected chi connectivity index (χ4v) is 3.19. The van der Waals surface area contributed by atoms with E-state index in [-0.39, 0.29) is 12.4 Å². The van der Waals surface area contributed by atoms with Gasteiger partial charge in [-0.05, 0) is 64.2 Å². The minimum absolute atomic E-state index is 0. The minimum Gasteiger partial charge on any atom is -0.342 e. The number of amides is 1. The number of likely N-dealkylation sites (tertiary alicyclic amines) is 2. The molecule has 0 aromatic rings. The van der Waals surface area contributed by atoms with E-state index in [1.54, 1.807) is 0 Å². The van der Waals surface area contributed by atoms with Crippen LogP contribution in [0.1, 0.15) is 32.6 Å². The first kappa shape index (κ1) is 17.7. The van der Waals surface area contributed by atoms with Gasteiger partial charge in [0.2, 0.25) is 5.91 Å². The van der Waals surface area contributed by atoms with E-state index in [2.05, 4.69) is 22.0 Å². The van der Waals surface area contributed by atoms with Gasteiger partial charge in [0.1, 0.15) is 0 Å². The Labute approximate surface area is 129 Å². The van der Waals surface area contributed by atoms with Crippen molar-refractivity contribution in [2.75, 3.05) is 46.3 Å². The van der Waals surface area contributed by atoms with Crippen LogP contribution in [0.2, 0.25) is 0 Å². The van der Waals surface area contributed by atoms with Crippen molar-refractivity contribution in [2.45, 2.75) is 32.6 Å². The first-order valence-electron chi connectivity index (χ1n) is 7.83. The molecule has 1 amide bonds. The summed E-state index contributed by atoms with van der Waals surface area (Å²) in [4.78, 5) is 16.7. The van der Waals surface area contributed by atoms with Crippen LogP contribution in [0.3, 0.4) is 0 Å². The highest BCUT2D eigenvalue weighted by Crippen LogP contribution is 2.18. The molecule has 0 saturated carbocycles. The molecule has 0 bridgehead atoms. The molecule has 0 spiro atoms. The summed E-state index contributed by atoms with van der Waals surface area (Å²) in [5, 5.41) is 3.26. The number of nitrogens with zero attached hydrogens (tertiary/aromatic N) is 2. The Morgan fingerprint density at radius 1 is 1.10 bits per heavy atom. The number of carbonyl (C=O) groups excluding carboxylic acids is 1. The lowest BCUT2D eigenvalue weighted by atomic mass is 9.96. The summed E-state index contributed by atoms with van der Waals surface area (Å²) < 4.78 is 0. The average molecular weight is 304 g/mol. The van der Waals surface area contributed by atoms with Crippen LogP contribution in [0.15, 0.2) is 0 Å². The van der Waals surface area contributed by atoms with Gasteiger partial charge >= 0.3 is 0 Å². The maximum absolute atomic E-state index is 12.3. The van der Waals surface area contributed by atoms with Gasteiger partial charge in [0, 0.05) is 13.1 Å². The Balaban J connectivity index is 0.00000200. The quantitative estimate of drug-likeness (QED) is 0.857. The highest BCUT2D eigenvalue weighted by molar-refractivity contribution is 5.85. The van der Waals surface area contributed by atoms with Crippen molar-refractivity contribution < 1.29 is 4.79 Å². The van der Waals surface area contributed by atoms with Crippen molar-refractivity contribution in [3.8, 4) is 0 Å². The molecule has 0 aromatic heterocycles. The number of carbonyl (C=O) groups is 1. The summed E-state index contributed by atoms with van der Waals surface area (Å²) >= 11 is 0. The minimum atomic E-state index is 0. The molecule has 0 atom stereocenters. The fourth-order valence-electron chi connectivity index (χ4n) is 3.19. The second-order valence-electron chi connectivity index (χ2n) is 6.34. The first-order valence-corrected chi connectivity index (χ1v) is 7.83. The molecule has 2 saturated heterocycles. The van der Waals surface area contributed by atoms with Gasteiger partial charge in [-0.15, -0.1) is 12.4 Å². The van der Waals surface area contributed by atoms with Crippen LogP contribution in [0.4, 0.5) is 0 Å². The summed E-state index contributed by atoms with van der Waals surface area (Å²) in [5.74, 6) is 1.94. The van der Waals surface area contributed by atoms with E-state index < -0.39 is 0 Å². The zero-order chi connectivity index (χ0) is 13.7. The zero-order valence-corrected chi connectivity index (χ0v) is 13.8. The molecule has 2 aliphatic rings. The molecule has 2 rings (SSSR count). The number of piperidine rings is 2. The smallest absolute Gasteiger partial charge is 0.236 e. The molecular formula is C15H30ClN3O. The van der Waals surface area contributed by atoms with E-state index in [4.69, 9.17) is 0 Å². The zero-order valence-electron chi connectivity index (χ0n) is 12.9. The van der Waals surface area contributed by atoms with Crippen LogP contribution in [-0.4, -0.2) is 62.0 Å². The molecule has 2 fully saturated rings. The third kappa shape index (κ3) is 5.23. The van der Waals surface area contributed by atoms with Gasteiger partial charge in [-0.2, -0.15) is 0 Å². The third-order valence-corrected chi connectivity index (χ3v) is 4.70. The largest absolute Gasteiger partial charge is 0.342 e. The normalized spacial score (nSPS) is 22.6. The topological polar surface area (TPSA) is 35.6 Å². The summed E-state index contributed by atoms with van der Waals surface area (Å²) in [6.07, 6.45) is 4.81. The Morgan fingerprint density at radius 3 is 2.25 bits per heavy atom. The number of nitrogens with one attached hydrogen (secondary N) is 1. The molecule has 2 aliphatic heterocycles. The van der Waals surface area contributed by atoms with Crippen molar-refractivity contribution in [3.05, 3.63) is 0 Å². The van der Waals surface area contributed by atoms with Gasteiger partial charge in [-0.3, -0.25) is 9.69 Å². The fraction of sp³-hybridized carbons (Fsp3) is 0.933. The van der Waals surface area contributed by atoms with Crippen molar-refractivity contribution in [1.82, 2.24) is 15.1 Å².